The lowest BCUT2D eigenvalue weighted by atomic mass is 10.2. The molecule has 0 aliphatic carbocycles. The Balaban J connectivity index is 1.95. The number of aromatic nitrogens is 1. The second-order valence-electron chi connectivity index (χ2n) is 5.44. The van der Waals surface area contributed by atoms with Crippen molar-refractivity contribution in [3.63, 3.8) is 0 Å². The molecule has 0 saturated heterocycles. The number of hydrogen-bond acceptors (Lipinski definition) is 6. The van der Waals surface area contributed by atoms with Gasteiger partial charge in [0.2, 0.25) is 11.8 Å². The van der Waals surface area contributed by atoms with Crippen molar-refractivity contribution in [2.75, 3.05) is 26.5 Å². The number of carbonyl (C=O) groups excluding carboxylic acids is 1. The lowest BCUT2D eigenvalue weighted by Crippen LogP contribution is -2.36. The van der Waals surface area contributed by atoms with Crippen molar-refractivity contribution < 1.29 is 27.3 Å². The highest BCUT2D eigenvalue weighted by molar-refractivity contribution is 7.84. The number of ether oxygens (including phenoxy) is 2. The van der Waals surface area contributed by atoms with Crippen LogP contribution in [0.1, 0.15) is 11.5 Å². The molecule has 1 aromatic carbocycles. The van der Waals surface area contributed by atoms with Gasteiger partial charge >= 0.3 is 0 Å². The zero-order valence-electron chi connectivity index (χ0n) is 14.8. The summed E-state index contributed by atoms with van der Waals surface area (Å²) in [5.74, 6) is -0.433. The molecule has 2 rings (SSSR count). The summed E-state index contributed by atoms with van der Waals surface area (Å²) >= 11 is 0. The number of oxazole rings is 1. The number of nitrogens with zero attached hydrogens (tertiary/aromatic N) is 1. The molecule has 1 amide bonds. The summed E-state index contributed by atoms with van der Waals surface area (Å²) in [5.41, 5.74) is 0.664. The minimum absolute atomic E-state index is 0.0369. The molecule has 9 heteroatoms. The van der Waals surface area contributed by atoms with Crippen LogP contribution in [0.25, 0.3) is 11.5 Å². The lowest BCUT2D eigenvalue weighted by molar-refractivity contribution is -0.125. The zero-order chi connectivity index (χ0) is 19.1. The fraction of sp³-hybridized carbons (Fsp3) is 0.412. The molecular weight excluding hydrogens is 363 g/mol. The number of carbonyl (C=O) groups is 1. The standard InChI is InChI=1S/C17H21FN2O5S/c1-11-14(20-17(25-11)12-6-4-5-7-13(12)18)9-26(22)10-15(21)19-8-16(23-2)24-3/h4-7,16H,8-10H2,1-3H3,(H,19,21)/t26-/m0/s1. The molecule has 7 nitrogen and oxygen atoms in total. The van der Waals surface area contributed by atoms with Crippen LogP contribution in [-0.2, 0) is 30.8 Å². The fourth-order valence-electron chi connectivity index (χ4n) is 2.17. The first-order valence-corrected chi connectivity index (χ1v) is 9.31. The maximum atomic E-state index is 13.8. The first-order valence-electron chi connectivity index (χ1n) is 7.83. The summed E-state index contributed by atoms with van der Waals surface area (Å²) in [5, 5.41) is 2.58. The third-order valence-corrected chi connectivity index (χ3v) is 4.76. The van der Waals surface area contributed by atoms with Crippen molar-refractivity contribution in [3.8, 4) is 11.5 Å². The van der Waals surface area contributed by atoms with Crippen LogP contribution in [0.5, 0.6) is 0 Å². The molecule has 1 heterocycles. The SMILES string of the molecule is COC(CNC(=O)C[S@@](=O)Cc1nc(-c2ccccc2F)oc1C)OC. The van der Waals surface area contributed by atoms with Crippen molar-refractivity contribution in [3.05, 3.63) is 41.5 Å². The maximum Gasteiger partial charge on any atom is 0.232 e. The number of nitrogens with one attached hydrogen (secondary N) is 1. The smallest absolute Gasteiger partial charge is 0.232 e. The number of methoxy groups -OCH3 is 2. The predicted molar refractivity (Wildman–Crippen MR) is 94.2 cm³/mol. The Kier molecular flexibility index (Phi) is 7.43. The molecule has 0 radical (unpaired) electrons. The number of rotatable bonds is 9. The van der Waals surface area contributed by atoms with Gasteiger partial charge in [-0.15, -0.1) is 0 Å². The van der Waals surface area contributed by atoms with Gasteiger partial charge in [0.1, 0.15) is 17.3 Å². The van der Waals surface area contributed by atoms with Gasteiger partial charge in [0.05, 0.1) is 23.6 Å². The number of aryl methyl sites for hydroxylation is 1. The van der Waals surface area contributed by atoms with Gasteiger partial charge in [0.25, 0.3) is 0 Å². The van der Waals surface area contributed by atoms with Crippen LogP contribution in [0, 0.1) is 12.7 Å². The molecule has 0 aliphatic rings. The molecule has 1 N–H and O–H groups in total. The highest BCUT2D eigenvalue weighted by Crippen LogP contribution is 2.24. The number of hydrogen-bond donors (Lipinski definition) is 1. The lowest BCUT2D eigenvalue weighted by Gasteiger charge is -2.13. The number of halogens is 1. The van der Waals surface area contributed by atoms with Crippen molar-refractivity contribution in [2.24, 2.45) is 0 Å². The van der Waals surface area contributed by atoms with E-state index in [0.29, 0.717) is 11.5 Å². The monoisotopic (exact) mass is 384 g/mol. The van der Waals surface area contributed by atoms with Crippen molar-refractivity contribution in [2.45, 2.75) is 19.0 Å². The highest BCUT2D eigenvalue weighted by atomic mass is 32.2. The Bertz CT molecular complexity index is 776. The summed E-state index contributed by atoms with van der Waals surface area (Å²) < 4.78 is 41.4. The Labute approximate surface area is 153 Å². The van der Waals surface area contributed by atoms with Crippen LogP contribution < -0.4 is 5.32 Å². The third kappa shape index (κ3) is 5.45. The van der Waals surface area contributed by atoms with E-state index >= 15 is 0 Å². The minimum Gasteiger partial charge on any atom is -0.441 e. The van der Waals surface area contributed by atoms with Gasteiger partial charge in [-0.05, 0) is 19.1 Å². The molecule has 0 saturated carbocycles. The second kappa shape index (κ2) is 9.56. The van der Waals surface area contributed by atoms with Crippen molar-refractivity contribution in [1.29, 1.82) is 0 Å². The first-order chi connectivity index (χ1) is 12.4. The molecule has 2 aromatic rings. The van der Waals surface area contributed by atoms with Crippen molar-refractivity contribution >= 4 is 16.7 Å². The van der Waals surface area contributed by atoms with Gasteiger partial charge in [-0.3, -0.25) is 9.00 Å². The van der Waals surface area contributed by atoms with Crippen LogP contribution in [0.4, 0.5) is 4.39 Å². The van der Waals surface area contributed by atoms with E-state index < -0.39 is 28.8 Å². The third-order valence-electron chi connectivity index (χ3n) is 3.58. The minimum atomic E-state index is -1.49. The average Bonchev–Trinajstić information content (AvgIpc) is 2.96. The summed E-state index contributed by atoms with van der Waals surface area (Å²) in [6.45, 7) is 1.81. The highest BCUT2D eigenvalue weighted by Gasteiger charge is 2.18. The van der Waals surface area contributed by atoms with E-state index in [2.05, 4.69) is 10.3 Å². The maximum absolute atomic E-state index is 13.8. The van der Waals surface area contributed by atoms with Gasteiger partial charge in [0, 0.05) is 25.0 Å². The summed E-state index contributed by atoms with van der Waals surface area (Å²) in [6, 6.07) is 6.11. The largest absolute Gasteiger partial charge is 0.441 e. The van der Waals surface area contributed by atoms with Gasteiger partial charge in [-0.1, -0.05) is 12.1 Å². The van der Waals surface area contributed by atoms with Crippen LogP contribution >= 0.6 is 0 Å². The van der Waals surface area contributed by atoms with E-state index in [0.717, 1.165) is 0 Å². The normalized spacial score (nSPS) is 12.3. The Morgan fingerprint density at radius 1 is 1.35 bits per heavy atom. The van der Waals surface area contributed by atoms with Gasteiger partial charge < -0.3 is 19.2 Å². The Morgan fingerprint density at radius 3 is 2.69 bits per heavy atom. The van der Waals surface area contributed by atoms with Gasteiger partial charge in [0.15, 0.2) is 6.29 Å². The van der Waals surface area contributed by atoms with E-state index in [4.69, 9.17) is 13.9 Å². The van der Waals surface area contributed by atoms with E-state index in [1.54, 1.807) is 25.1 Å². The quantitative estimate of drug-likeness (QED) is 0.663. The molecule has 0 aliphatic heterocycles. The summed E-state index contributed by atoms with van der Waals surface area (Å²) in [6.07, 6.45) is -0.562. The van der Waals surface area contributed by atoms with Gasteiger partial charge in [-0.25, -0.2) is 9.37 Å². The summed E-state index contributed by atoms with van der Waals surface area (Å²) in [4.78, 5) is 16.0. The topological polar surface area (TPSA) is 90.7 Å². The van der Waals surface area contributed by atoms with Crippen molar-refractivity contribution in [1.82, 2.24) is 10.3 Å². The first kappa shape index (κ1) is 20.2. The van der Waals surface area contributed by atoms with E-state index in [-0.39, 0.29) is 29.5 Å². The van der Waals surface area contributed by atoms with Crippen LogP contribution in [0.2, 0.25) is 0 Å². The molecule has 1 aromatic heterocycles. The molecule has 0 spiro atoms. The molecular formula is C17H21FN2O5S. The molecule has 1 atom stereocenters. The molecule has 0 fully saturated rings. The van der Waals surface area contributed by atoms with Gasteiger partial charge in [-0.2, -0.15) is 0 Å². The number of benzene rings is 1. The second-order valence-corrected chi connectivity index (χ2v) is 6.89. The van der Waals surface area contributed by atoms with Crippen LogP contribution in [-0.4, -0.2) is 47.9 Å². The average molecular weight is 384 g/mol. The van der Waals surface area contributed by atoms with Crippen LogP contribution in [0.15, 0.2) is 28.7 Å². The molecule has 0 bridgehead atoms. The molecule has 26 heavy (non-hydrogen) atoms. The fourth-order valence-corrected chi connectivity index (χ4v) is 3.24. The summed E-state index contributed by atoms with van der Waals surface area (Å²) in [7, 11) is 1.43. The van der Waals surface area contributed by atoms with E-state index in [1.165, 1.54) is 20.3 Å². The molecule has 0 unspecified atom stereocenters. The molecule has 142 valence electrons. The zero-order valence-corrected chi connectivity index (χ0v) is 15.6. The number of amides is 1. The van der Waals surface area contributed by atoms with Crippen LogP contribution in [0.3, 0.4) is 0 Å². The van der Waals surface area contributed by atoms with E-state index in [1.807, 2.05) is 0 Å². The van der Waals surface area contributed by atoms with E-state index in [9.17, 15) is 13.4 Å². The predicted octanol–water partition coefficient (Wildman–Crippen LogP) is 1.77. The Hall–Kier alpha value is -2.10. The Morgan fingerprint density at radius 2 is 2.04 bits per heavy atom.